The first kappa shape index (κ1) is 22.9. The summed E-state index contributed by atoms with van der Waals surface area (Å²) in [6.45, 7) is 2.66. The Morgan fingerprint density at radius 2 is 1.71 bits per heavy atom. The van der Waals surface area contributed by atoms with E-state index < -0.39 is 0 Å². The third-order valence-electron chi connectivity index (χ3n) is 6.23. The van der Waals surface area contributed by atoms with Crippen LogP contribution >= 0.6 is 11.3 Å². The molecule has 9 nitrogen and oxygen atoms in total. The van der Waals surface area contributed by atoms with Crippen molar-refractivity contribution in [2.45, 2.75) is 32.1 Å². The summed E-state index contributed by atoms with van der Waals surface area (Å²) in [7, 11) is 0. The van der Waals surface area contributed by atoms with Crippen LogP contribution in [-0.2, 0) is 9.59 Å². The van der Waals surface area contributed by atoms with Gasteiger partial charge in [0.1, 0.15) is 5.01 Å². The van der Waals surface area contributed by atoms with Crippen molar-refractivity contribution in [2.75, 3.05) is 23.3 Å². The summed E-state index contributed by atoms with van der Waals surface area (Å²) in [5.74, 6) is -0.970. The number of imide groups is 1. The second kappa shape index (κ2) is 9.38. The molecular weight excluding hydrogens is 466 g/mol. The van der Waals surface area contributed by atoms with E-state index >= 15 is 0 Å². The molecule has 0 spiro atoms. The molecule has 1 saturated heterocycles. The van der Waals surface area contributed by atoms with Crippen molar-refractivity contribution in [2.24, 2.45) is 0 Å². The Morgan fingerprint density at radius 3 is 2.43 bits per heavy atom. The molecule has 3 heterocycles. The van der Waals surface area contributed by atoms with E-state index in [1.165, 1.54) is 16.2 Å². The van der Waals surface area contributed by atoms with E-state index in [4.69, 9.17) is 0 Å². The predicted octanol–water partition coefficient (Wildman–Crippen LogP) is 3.38. The van der Waals surface area contributed by atoms with Crippen molar-refractivity contribution in [1.82, 2.24) is 15.1 Å². The van der Waals surface area contributed by atoms with Crippen molar-refractivity contribution < 1.29 is 19.2 Å². The fraction of sp³-hybridized carbons (Fsp3) is 0.280. The summed E-state index contributed by atoms with van der Waals surface area (Å²) in [4.78, 5) is 52.8. The number of aromatic nitrogens is 2. The summed E-state index contributed by atoms with van der Waals surface area (Å²) in [6.07, 6.45) is 0.813. The van der Waals surface area contributed by atoms with Gasteiger partial charge in [-0.2, -0.15) is 0 Å². The topological polar surface area (TPSA) is 113 Å². The zero-order valence-corrected chi connectivity index (χ0v) is 19.9. The lowest BCUT2D eigenvalue weighted by molar-refractivity contribution is -0.117. The summed E-state index contributed by atoms with van der Waals surface area (Å²) in [5.41, 5.74) is 2.73. The molecule has 178 valence electrons. The van der Waals surface area contributed by atoms with Gasteiger partial charge < -0.3 is 10.2 Å². The zero-order chi connectivity index (χ0) is 24.5. The van der Waals surface area contributed by atoms with Gasteiger partial charge in [-0.15, -0.1) is 10.2 Å². The number of hydrogen-bond acceptors (Lipinski definition) is 7. The minimum atomic E-state index is -0.328. The molecule has 10 heteroatoms. The Morgan fingerprint density at radius 1 is 1.03 bits per heavy atom. The van der Waals surface area contributed by atoms with Crippen molar-refractivity contribution >= 4 is 45.8 Å². The molecule has 0 radical (unpaired) electrons. The molecule has 2 aliphatic rings. The Balaban J connectivity index is 1.13. The predicted molar refractivity (Wildman–Crippen MR) is 130 cm³/mol. The van der Waals surface area contributed by atoms with Crippen molar-refractivity contribution in [3.8, 4) is 0 Å². The summed E-state index contributed by atoms with van der Waals surface area (Å²) in [5, 5.41) is 12.1. The molecular formula is C25H23N5O4S. The smallest absolute Gasteiger partial charge is 0.261 e. The van der Waals surface area contributed by atoms with Gasteiger partial charge in [0.05, 0.1) is 11.1 Å². The van der Waals surface area contributed by atoms with E-state index in [1.54, 1.807) is 29.2 Å². The lowest BCUT2D eigenvalue weighted by Gasteiger charge is -2.18. The Hall–Kier alpha value is -3.92. The van der Waals surface area contributed by atoms with Gasteiger partial charge in [-0.05, 0) is 37.1 Å². The number of amides is 4. The van der Waals surface area contributed by atoms with Gasteiger partial charge in [0.25, 0.3) is 11.8 Å². The van der Waals surface area contributed by atoms with Gasteiger partial charge >= 0.3 is 0 Å². The number of hydrogen-bond donors (Lipinski definition) is 1. The molecule has 0 saturated carbocycles. The molecule has 0 unspecified atom stereocenters. The fourth-order valence-corrected chi connectivity index (χ4v) is 5.29. The molecule has 5 rings (SSSR count). The van der Waals surface area contributed by atoms with Crippen LogP contribution in [0.15, 0.2) is 48.5 Å². The summed E-state index contributed by atoms with van der Waals surface area (Å²) in [6, 6.07) is 14.5. The Labute approximate surface area is 205 Å². The monoisotopic (exact) mass is 489 g/mol. The van der Waals surface area contributed by atoms with E-state index in [0.717, 1.165) is 11.3 Å². The van der Waals surface area contributed by atoms with Crippen LogP contribution in [0.4, 0.5) is 10.8 Å². The SMILES string of the molecule is Cc1ccccc1N1C[C@@H](c2nnc(NC(=O)CCCN3C(=O)c4ccccc4C3=O)s2)CC1=O. The van der Waals surface area contributed by atoms with Crippen molar-refractivity contribution in [3.05, 3.63) is 70.2 Å². The third-order valence-corrected chi connectivity index (χ3v) is 7.23. The fourth-order valence-electron chi connectivity index (χ4n) is 4.44. The van der Waals surface area contributed by atoms with E-state index in [1.807, 2.05) is 31.2 Å². The number of carbonyl (C=O) groups excluding carboxylic acids is 4. The van der Waals surface area contributed by atoms with Gasteiger partial charge in [-0.3, -0.25) is 24.1 Å². The van der Waals surface area contributed by atoms with Crippen LogP contribution in [0, 0.1) is 6.92 Å². The number of rotatable bonds is 7. The maximum atomic E-state index is 12.6. The van der Waals surface area contributed by atoms with Gasteiger partial charge in [-0.1, -0.05) is 41.7 Å². The van der Waals surface area contributed by atoms with Crippen LogP contribution in [0.3, 0.4) is 0 Å². The van der Waals surface area contributed by atoms with Crippen molar-refractivity contribution in [3.63, 3.8) is 0 Å². The molecule has 0 aliphatic carbocycles. The minimum absolute atomic E-state index is 0.0400. The summed E-state index contributed by atoms with van der Waals surface area (Å²) >= 11 is 1.26. The van der Waals surface area contributed by atoms with Crippen LogP contribution < -0.4 is 10.2 Å². The molecule has 2 aromatic carbocycles. The highest BCUT2D eigenvalue weighted by Gasteiger charge is 2.35. The second-order valence-electron chi connectivity index (χ2n) is 8.60. The van der Waals surface area contributed by atoms with Crippen LogP contribution in [0.2, 0.25) is 0 Å². The lowest BCUT2D eigenvalue weighted by Crippen LogP contribution is -2.31. The minimum Gasteiger partial charge on any atom is -0.311 e. The third kappa shape index (κ3) is 4.44. The second-order valence-corrected chi connectivity index (χ2v) is 9.61. The quantitative estimate of drug-likeness (QED) is 0.509. The first-order valence-electron chi connectivity index (χ1n) is 11.4. The van der Waals surface area contributed by atoms with E-state index in [0.29, 0.717) is 40.7 Å². The molecule has 4 amide bonds. The lowest BCUT2D eigenvalue weighted by atomic mass is 10.1. The number of carbonyl (C=O) groups is 4. The molecule has 35 heavy (non-hydrogen) atoms. The zero-order valence-electron chi connectivity index (χ0n) is 19.1. The van der Waals surface area contributed by atoms with E-state index in [-0.39, 0.29) is 42.5 Å². The normalized spacial score (nSPS) is 17.3. The number of fused-ring (bicyclic) bond motifs is 1. The number of benzene rings is 2. The van der Waals surface area contributed by atoms with Crippen LogP contribution in [-0.4, -0.2) is 51.8 Å². The standard InChI is InChI=1S/C25H23N5O4S/c1-15-7-2-5-10-19(15)30-14-16(13-21(30)32)22-27-28-25(35-22)26-20(31)11-6-12-29-23(33)17-8-3-4-9-18(17)24(29)34/h2-5,7-10,16H,6,11-14H2,1H3,(H,26,28,31)/t16-/m0/s1. The van der Waals surface area contributed by atoms with Gasteiger partial charge in [0.2, 0.25) is 16.9 Å². The first-order valence-corrected chi connectivity index (χ1v) is 12.2. The highest BCUT2D eigenvalue weighted by molar-refractivity contribution is 7.15. The largest absolute Gasteiger partial charge is 0.311 e. The van der Waals surface area contributed by atoms with Gasteiger partial charge in [0.15, 0.2) is 0 Å². The average molecular weight is 490 g/mol. The van der Waals surface area contributed by atoms with Crippen molar-refractivity contribution in [1.29, 1.82) is 0 Å². The number of anilines is 2. The molecule has 1 aromatic heterocycles. The van der Waals surface area contributed by atoms with E-state index in [2.05, 4.69) is 15.5 Å². The number of para-hydroxylation sites is 1. The average Bonchev–Trinajstić information content (AvgIpc) is 3.53. The molecule has 0 bridgehead atoms. The first-order chi connectivity index (χ1) is 16.9. The molecule has 1 atom stereocenters. The van der Waals surface area contributed by atoms with E-state index in [9.17, 15) is 19.2 Å². The molecule has 3 aromatic rings. The molecule has 1 fully saturated rings. The van der Waals surface area contributed by atoms with Crippen LogP contribution in [0.1, 0.15) is 56.5 Å². The Kier molecular flexibility index (Phi) is 6.12. The number of aryl methyl sites for hydroxylation is 1. The number of nitrogens with zero attached hydrogens (tertiary/aromatic N) is 4. The number of nitrogens with one attached hydrogen (secondary N) is 1. The van der Waals surface area contributed by atoms with Gasteiger partial charge in [-0.25, -0.2) is 0 Å². The van der Waals surface area contributed by atoms with Crippen LogP contribution in [0.5, 0.6) is 0 Å². The highest BCUT2D eigenvalue weighted by Crippen LogP contribution is 2.35. The molecule has 1 N–H and O–H groups in total. The maximum absolute atomic E-state index is 12.6. The molecule has 2 aliphatic heterocycles. The highest BCUT2D eigenvalue weighted by atomic mass is 32.1. The Bertz CT molecular complexity index is 1300. The summed E-state index contributed by atoms with van der Waals surface area (Å²) < 4.78 is 0. The maximum Gasteiger partial charge on any atom is 0.261 e. The van der Waals surface area contributed by atoms with Crippen LogP contribution in [0.25, 0.3) is 0 Å². The van der Waals surface area contributed by atoms with Gasteiger partial charge in [0, 0.05) is 37.5 Å².